The Hall–Kier alpha value is -2.11. The molecule has 118 valence electrons. The van der Waals surface area contributed by atoms with Gasteiger partial charge < -0.3 is 10.2 Å². The molecule has 2 aromatic heterocycles. The molecule has 0 aromatic carbocycles. The Balaban J connectivity index is 1.70. The van der Waals surface area contributed by atoms with Crippen LogP contribution in [0.5, 0.6) is 0 Å². The van der Waals surface area contributed by atoms with Crippen LogP contribution in [0.15, 0.2) is 18.3 Å². The third-order valence-electron chi connectivity index (χ3n) is 4.18. The number of nitrogens with zero attached hydrogens (tertiary/aromatic N) is 4. The van der Waals surface area contributed by atoms with Crippen LogP contribution in [-0.2, 0) is 11.8 Å². The van der Waals surface area contributed by atoms with E-state index in [1.54, 1.807) is 6.20 Å². The maximum Gasteiger partial charge on any atom is 0.223 e. The SMILES string of the molecule is CC(C)NC(=O)C1CCN(c2nc3cccnc3n2C)CC1. The number of nitrogens with one attached hydrogen (secondary N) is 1. The lowest BCUT2D eigenvalue weighted by atomic mass is 9.96. The summed E-state index contributed by atoms with van der Waals surface area (Å²) in [7, 11) is 2.00. The van der Waals surface area contributed by atoms with Gasteiger partial charge >= 0.3 is 0 Å². The summed E-state index contributed by atoms with van der Waals surface area (Å²) in [6.45, 7) is 5.71. The molecule has 6 nitrogen and oxygen atoms in total. The zero-order chi connectivity index (χ0) is 15.7. The summed E-state index contributed by atoms with van der Waals surface area (Å²) in [5, 5.41) is 3.01. The summed E-state index contributed by atoms with van der Waals surface area (Å²) in [6, 6.07) is 4.09. The van der Waals surface area contributed by atoms with E-state index in [-0.39, 0.29) is 17.9 Å². The van der Waals surface area contributed by atoms with Gasteiger partial charge in [-0.2, -0.15) is 0 Å². The Kier molecular flexibility index (Phi) is 4.00. The van der Waals surface area contributed by atoms with Crippen LogP contribution in [-0.4, -0.2) is 39.6 Å². The number of pyridine rings is 1. The van der Waals surface area contributed by atoms with Crippen molar-refractivity contribution in [3.63, 3.8) is 0 Å². The van der Waals surface area contributed by atoms with Crippen LogP contribution in [0.4, 0.5) is 5.95 Å². The molecule has 0 atom stereocenters. The van der Waals surface area contributed by atoms with E-state index in [1.807, 2.05) is 37.6 Å². The molecule has 22 heavy (non-hydrogen) atoms. The molecule has 0 unspecified atom stereocenters. The number of fused-ring (bicyclic) bond motifs is 1. The van der Waals surface area contributed by atoms with Crippen molar-refractivity contribution in [2.45, 2.75) is 32.7 Å². The molecule has 0 radical (unpaired) electrons. The summed E-state index contributed by atoms with van der Waals surface area (Å²) in [5.41, 5.74) is 1.82. The summed E-state index contributed by atoms with van der Waals surface area (Å²) in [6.07, 6.45) is 3.53. The highest BCUT2D eigenvalue weighted by molar-refractivity contribution is 5.79. The van der Waals surface area contributed by atoms with E-state index in [0.29, 0.717) is 0 Å². The molecule has 2 aromatic rings. The van der Waals surface area contributed by atoms with Crippen LogP contribution in [0.1, 0.15) is 26.7 Å². The molecule has 1 aliphatic rings. The van der Waals surface area contributed by atoms with Gasteiger partial charge in [0.2, 0.25) is 11.9 Å². The van der Waals surface area contributed by atoms with Crippen LogP contribution in [0.25, 0.3) is 11.2 Å². The molecule has 0 spiro atoms. The third-order valence-corrected chi connectivity index (χ3v) is 4.18. The van der Waals surface area contributed by atoms with Gasteiger partial charge in [0.25, 0.3) is 0 Å². The molecule has 1 fully saturated rings. The zero-order valence-corrected chi connectivity index (χ0v) is 13.4. The van der Waals surface area contributed by atoms with E-state index in [0.717, 1.165) is 43.0 Å². The predicted octanol–water partition coefficient (Wildman–Crippen LogP) is 1.71. The van der Waals surface area contributed by atoms with E-state index < -0.39 is 0 Å². The third kappa shape index (κ3) is 2.77. The minimum atomic E-state index is 0.117. The van der Waals surface area contributed by atoms with Crippen molar-refractivity contribution in [3.05, 3.63) is 18.3 Å². The second-order valence-electron chi connectivity index (χ2n) is 6.24. The molecule has 6 heteroatoms. The first-order valence-electron chi connectivity index (χ1n) is 7.89. The standard InChI is InChI=1S/C16H23N5O/c1-11(2)18-15(22)12-6-9-21(10-7-12)16-19-13-5-4-8-17-14(13)20(16)3/h4-5,8,11-12H,6-7,9-10H2,1-3H3,(H,18,22). The van der Waals surface area contributed by atoms with Gasteiger partial charge in [0.1, 0.15) is 5.52 Å². The number of aromatic nitrogens is 3. The molecule has 3 rings (SSSR count). The number of imidazole rings is 1. The highest BCUT2D eigenvalue weighted by Gasteiger charge is 2.27. The molecular weight excluding hydrogens is 278 g/mol. The normalized spacial score (nSPS) is 16.5. The van der Waals surface area contributed by atoms with Crippen LogP contribution >= 0.6 is 0 Å². The maximum absolute atomic E-state index is 12.1. The quantitative estimate of drug-likeness (QED) is 0.937. The number of hydrogen-bond acceptors (Lipinski definition) is 4. The number of carbonyl (C=O) groups is 1. The van der Waals surface area contributed by atoms with Crippen LogP contribution < -0.4 is 10.2 Å². The molecule has 0 bridgehead atoms. The Labute approximate surface area is 130 Å². The molecule has 1 saturated heterocycles. The minimum absolute atomic E-state index is 0.117. The van der Waals surface area contributed by atoms with Gasteiger partial charge in [-0.25, -0.2) is 9.97 Å². The van der Waals surface area contributed by atoms with Gasteiger partial charge in [-0.15, -0.1) is 0 Å². The number of hydrogen-bond donors (Lipinski definition) is 1. The second-order valence-corrected chi connectivity index (χ2v) is 6.24. The van der Waals surface area contributed by atoms with Gasteiger partial charge in [-0.1, -0.05) is 0 Å². The fourth-order valence-electron chi connectivity index (χ4n) is 3.04. The first-order valence-corrected chi connectivity index (χ1v) is 7.89. The van der Waals surface area contributed by atoms with E-state index in [1.165, 1.54) is 0 Å². The van der Waals surface area contributed by atoms with Crippen LogP contribution in [0, 0.1) is 5.92 Å². The lowest BCUT2D eigenvalue weighted by Gasteiger charge is -2.32. The first kappa shape index (κ1) is 14.8. The molecule has 1 amide bonds. The average Bonchev–Trinajstić information content (AvgIpc) is 2.84. The number of rotatable bonds is 3. The molecule has 3 heterocycles. The van der Waals surface area contributed by atoms with E-state index in [2.05, 4.69) is 20.2 Å². The van der Waals surface area contributed by atoms with Crippen molar-refractivity contribution in [2.24, 2.45) is 13.0 Å². The Morgan fingerprint density at radius 3 is 2.73 bits per heavy atom. The molecule has 0 aliphatic carbocycles. The van der Waals surface area contributed by atoms with E-state index in [9.17, 15) is 4.79 Å². The molecular formula is C16H23N5O. The lowest BCUT2D eigenvalue weighted by molar-refractivity contribution is -0.126. The highest BCUT2D eigenvalue weighted by Crippen LogP contribution is 2.25. The fourth-order valence-corrected chi connectivity index (χ4v) is 3.04. The Morgan fingerprint density at radius 1 is 1.36 bits per heavy atom. The van der Waals surface area contributed by atoms with Gasteiger partial charge in [-0.3, -0.25) is 9.36 Å². The smallest absolute Gasteiger partial charge is 0.223 e. The number of carbonyl (C=O) groups excluding carboxylic acids is 1. The molecule has 0 saturated carbocycles. The Morgan fingerprint density at radius 2 is 2.09 bits per heavy atom. The first-order chi connectivity index (χ1) is 10.6. The highest BCUT2D eigenvalue weighted by atomic mass is 16.1. The van der Waals surface area contributed by atoms with Crippen molar-refractivity contribution in [1.29, 1.82) is 0 Å². The largest absolute Gasteiger partial charge is 0.354 e. The maximum atomic E-state index is 12.1. The summed E-state index contributed by atoms with van der Waals surface area (Å²) in [4.78, 5) is 23.4. The van der Waals surface area contributed by atoms with Crippen molar-refractivity contribution in [2.75, 3.05) is 18.0 Å². The van der Waals surface area contributed by atoms with E-state index in [4.69, 9.17) is 0 Å². The Bertz CT molecular complexity index is 670. The van der Waals surface area contributed by atoms with Gasteiger partial charge in [0, 0.05) is 38.3 Å². The average molecular weight is 301 g/mol. The topological polar surface area (TPSA) is 63.1 Å². The predicted molar refractivity (Wildman–Crippen MR) is 86.7 cm³/mol. The van der Waals surface area contributed by atoms with Gasteiger partial charge in [0.15, 0.2) is 5.65 Å². The van der Waals surface area contributed by atoms with Gasteiger partial charge in [-0.05, 0) is 38.8 Å². The number of aryl methyl sites for hydroxylation is 1. The zero-order valence-electron chi connectivity index (χ0n) is 13.4. The second kappa shape index (κ2) is 5.94. The van der Waals surface area contributed by atoms with E-state index >= 15 is 0 Å². The number of amides is 1. The molecule has 1 N–H and O–H groups in total. The molecule has 1 aliphatic heterocycles. The van der Waals surface area contributed by atoms with Gasteiger partial charge in [0.05, 0.1) is 0 Å². The number of piperidine rings is 1. The monoisotopic (exact) mass is 301 g/mol. The van der Waals surface area contributed by atoms with Crippen molar-refractivity contribution < 1.29 is 4.79 Å². The summed E-state index contributed by atoms with van der Waals surface area (Å²) < 4.78 is 2.03. The minimum Gasteiger partial charge on any atom is -0.354 e. The summed E-state index contributed by atoms with van der Waals surface area (Å²) >= 11 is 0. The van der Waals surface area contributed by atoms with Crippen LogP contribution in [0.3, 0.4) is 0 Å². The summed E-state index contributed by atoms with van der Waals surface area (Å²) in [5.74, 6) is 1.24. The number of anilines is 1. The van der Waals surface area contributed by atoms with Crippen LogP contribution in [0.2, 0.25) is 0 Å². The van der Waals surface area contributed by atoms with Crippen molar-refractivity contribution in [1.82, 2.24) is 19.9 Å². The fraction of sp³-hybridized carbons (Fsp3) is 0.562. The van der Waals surface area contributed by atoms with Crippen molar-refractivity contribution >= 4 is 23.0 Å². The lowest BCUT2D eigenvalue weighted by Crippen LogP contribution is -2.43. The van der Waals surface area contributed by atoms with Crippen molar-refractivity contribution in [3.8, 4) is 0 Å².